The lowest BCUT2D eigenvalue weighted by atomic mass is 9.93. The van der Waals surface area contributed by atoms with Crippen LogP contribution in [-0.4, -0.2) is 76.7 Å². The molecule has 0 spiro atoms. The molecule has 22 heavy (non-hydrogen) atoms. The van der Waals surface area contributed by atoms with Crippen molar-refractivity contribution < 1.29 is 38.5 Å². The summed E-state index contributed by atoms with van der Waals surface area (Å²) in [5, 5.41) is 32.4. The van der Waals surface area contributed by atoms with Crippen LogP contribution in [0.15, 0.2) is 0 Å². The normalized spacial score (nSPS) is 35.4. The van der Waals surface area contributed by atoms with Crippen LogP contribution in [0, 0.1) is 0 Å². The predicted octanol–water partition coefficient (Wildman–Crippen LogP) is -1.000. The molecule has 0 bridgehead atoms. The number of nitrogens with zero attached hydrogens (tertiary/aromatic N) is 1. The maximum Gasteiger partial charge on any atom is 0.411 e. The number of carbonyl (C=O) groups is 1. The minimum absolute atomic E-state index is 0.0755. The van der Waals surface area contributed by atoms with Gasteiger partial charge in [0.2, 0.25) is 0 Å². The average molecular weight is 340 g/mol. The summed E-state index contributed by atoms with van der Waals surface area (Å²) in [4.78, 5) is 12.8. The average Bonchev–Trinajstić information content (AvgIpc) is 2.84. The van der Waals surface area contributed by atoms with E-state index in [2.05, 4.69) is 5.09 Å². The van der Waals surface area contributed by atoms with Gasteiger partial charge in [0.15, 0.2) is 0 Å². The Kier molecular flexibility index (Phi) is 5.44. The molecule has 4 N–H and O–H groups in total. The first-order valence-electron chi connectivity index (χ1n) is 7.00. The quantitative estimate of drug-likeness (QED) is 0.448. The first-order valence-corrected chi connectivity index (χ1v) is 8.55. The molecular weight excluding hydrogens is 319 g/mol. The van der Waals surface area contributed by atoms with Crippen molar-refractivity contribution in [3.63, 3.8) is 0 Å². The molecule has 5 atom stereocenters. The van der Waals surface area contributed by atoms with E-state index in [0.29, 0.717) is 0 Å². The van der Waals surface area contributed by atoms with Crippen molar-refractivity contribution in [1.82, 2.24) is 9.99 Å². The lowest BCUT2D eigenvalue weighted by Gasteiger charge is -2.44. The van der Waals surface area contributed by atoms with Crippen molar-refractivity contribution in [2.24, 2.45) is 0 Å². The number of amides is 1. The molecule has 0 aromatic rings. The number of cyclic esters (lactones) is 1. The fourth-order valence-electron chi connectivity index (χ4n) is 2.56. The Labute approximate surface area is 127 Å². The molecule has 0 aliphatic carbocycles. The maximum atomic E-state index is 12.5. The van der Waals surface area contributed by atoms with Gasteiger partial charge in [-0.3, -0.25) is 13.9 Å². The minimum Gasteiger partial charge on any atom is -0.447 e. The van der Waals surface area contributed by atoms with Crippen molar-refractivity contribution >= 4 is 13.8 Å². The van der Waals surface area contributed by atoms with Gasteiger partial charge in [0.25, 0.3) is 0 Å². The largest absolute Gasteiger partial charge is 0.447 e. The van der Waals surface area contributed by atoms with Crippen LogP contribution < -0.4 is 5.09 Å². The summed E-state index contributed by atoms with van der Waals surface area (Å²) in [5.41, 5.74) is 0. The van der Waals surface area contributed by atoms with Gasteiger partial charge in [-0.2, -0.15) is 5.09 Å². The van der Waals surface area contributed by atoms with E-state index in [-0.39, 0.29) is 19.8 Å². The summed E-state index contributed by atoms with van der Waals surface area (Å²) >= 11 is 0. The second-order valence-electron chi connectivity index (χ2n) is 4.93. The Morgan fingerprint density at radius 2 is 1.82 bits per heavy atom. The van der Waals surface area contributed by atoms with Crippen LogP contribution in [0.1, 0.15) is 13.8 Å². The molecule has 2 fully saturated rings. The summed E-state index contributed by atoms with van der Waals surface area (Å²) in [5.74, 6) is 0. The molecule has 2 aliphatic heterocycles. The lowest BCUT2D eigenvalue weighted by molar-refractivity contribution is -0.145. The van der Waals surface area contributed by atoms with Crippen LogP contribution in [0.25, 0.3) is 0 Å². The highest BCUT2D eigenvalue weighted by Gasteiger charge is 2.55. The molecule has 0 saturated carbocycles. The zero-order valence-electron chi connectivity index (χ0n) is 12.3. The van der Waals surface area contributed by atoms with Crippen molar-refractivity contribution in [1.29, 1.82) is 0 Å². The third kappa shape index (κ3) is 3.13. The smallest absolute Gasteiger partial charge is 0.411 e. The number of piperidine rings is 1. The van der Waals surface area contributed by atoms with Gasteiger partial charge in [-0.15, -0.1) is 0 Å². The van der Waals surface area contributed by atoms with Gasteiger partial charge in [-0.25, -0.2) is 9.36 Å². The summed E-state index contributed by atoms with van der Waals surface area (Å²) in [6.45, 7) is 3.22. The van der Waals surface area contributed by atoms with Gasteiger partial charge in [0.1, 0.15) is 31.1 Å². The van der Waals surface area contributed by atoms with E-state index in [1.165, 1.54) is 0 Å². The molecule has 128 valence electrons. The molecule has 0 aromatic heterocycles. The summed E-state index contributed by atoms with van der Waals surface area (Å²) in [6.07, 6.45) is -6.58. The number of hydrogen-bond donors (Lipinski definition) is 4. The zero-order valence-corrected chi connectivity index (χ0v) is 13.2. The molecule has 3 unspecified atom stereocenters. The molecule has 1 amide bonds. The van der Waals surface area contributed by atoms with Crippen molar-refractivity contribution in [2.45, 2.75) is 44.4 Å². The Morgan fingerprint density at radius 3 is 2.36 bits per heavy atom. The topological polar surface area (TPSA) is 138 Å². The molecule has 2 aliphatic rings. The van der Waals surface area contributed by atoms with E-state index in [9.17, 15) is 24.7 Å². The number of rotatable bonds is 6. The van der Waals surface area contributed by atoms with E-state index in [1.54, 1.807) is 13.8 Å². The molecule has 0 radical (unpaired) electrons. The SMILES string of the molecule is CCOP(=O)(N[C@@H]1C(O)C(O)[C@@H](O)C2COC(=O)N21)OCC. The van der Waals surface area contributed by atoms with Crippen LogP contribution in [0.3, 0.4) is 0 Å². The third-order valence-corrected chi connectivity index (χ3v) is 5.33. The van der Waals surface area contributed by atoms with Crippen molar-refractivity contribution in [3.05, 3.63) is 0 Å². The van der Waals surface area contributed by atoms with Gasteiger partial charge >= 0.3 is 13.8 Å². The number of hydrogen-bond acceptors (Lipinski definition) is 8. The number of nitrogens with one attached hydrogen (secondary N) is 1. The van der Waals surface area contributed by atoms with E-state index in [4.69, 9.17) is 13.8 Å². The Bertz CT molecular complexity index is 453. The fourth-order valence-corrected chi connectivity index (χ4v) is 4.07. The molecule has 10 nitrogen and oxygen atoms in total. The van der Waals surface area contributed by atoms with Crippen molar-refractivity contribution in [2.75, 3.05) is 19.8 Å². The number of aliphatic hydroxyl groups excluding tert-OH is 3. The molecule has 2 rings (SSSR count). The van der Waals surface area contributed by atoms with Gasteiger partial charge in [-0.1, -0.05) is 0 Å². The van der Waals surface area contributed by atoms with Crippen LogP contribution in [0.5, 0.6) is 0 Å². The van der Waals surface area contributed by atoms with Crippen LogP contribution in [-0.2, 0) is 18.3 Å². The second kappa shape index (κ2) is 6.79. The zero-order chi connectivity index (χ0) is 16.5. The maximum absolute atomic E-state index is 12.5. The van der Waals surface area contributed by atoms with E-state index < -0.39 is 44.4 Å². The number of ether oxygens (including phenoxy) is 1. The summed E-state index contributed by atoms with van der Waals surface area (Å²) < 4.78 is 27.5. The molecule has 2 saturated heterocycles. The minimum atomic E-state index is -3.80. The monoisotopic (exact) mass is 340 g/mol. The Hall–Kier alpha value is -0.740. The molecular formula is C11H21N2O8P. The molecule has 2 heterocycles. The standard InChI is InChI=1S/C11H21N2O8P/c1-3-20-22(18,21-4-2)12-10-9(16)8(15)7(14)6-5-19-11(17)13(6)10/h6-10,14-16H,3-5H2,1-2H3,(H,12,18)/t6?,7-,8?,9?,10-/m0/s1. The van der Waals surface area contributed by atoms with Gasteiger partial charge in [-0.05, 0) is 13.8 Å². The first-order chi connectivity index (χ1) is 10.3. The Morgan fingerprint density at radius 1 is 1.23 bits per heavy atom. The molecule has 0 aromatic carbocycles. The van der Waals surface area contributed by atoms with E-state index >= 15 is 0 Å². The highest BCUT2D eigenvalue weighted by atomic mass is 31.2. The molecule has 11 heteroatoms. The van der Waals surface area contributed by atoms with Gasteiger partial charge in [0.05, 0.1) is 19.3 Å². The van der Waals surface area contributed by atoms with Gasteiger partial charge in [0, 0.05) is 0 Å². The first kappa shape index (κ1) is 17.6. The summed E-state index contributed by atoms with van der Waals surface area (Å²) in [6, 6.07) is -0.861. The van der Waals surface area contributed by atoms with Crippen molar-refractivity contribution in [3.8, 4) is 0 Å². The van der Waals surface area contributed by atoms with E-state index in [0.717, 1.165) is 4.90 Å². The van der Waals surface area contributed by atoms with E-state index in [1.807, 2.05) is 0 Å². The lowest BCUT2D eigenvalue weighted by Crippen LogP contribution is -2.69. The van der Waals surface area contributed by atoms with Gasteiger partial charge < -0.3 is 20.1 Å². The van der Waals surface area contributed by atoms with Crippen LogP contribution in [0.2, 0.25) is 0 Å². The Balaban J connectivity index is 2.26. The number of aliphatic hydroxyl groups is 3. The second-order valence-corrected chi connectivity index (χ2v) is 6.70. The third-order valence-electron chi connectivity index (χ3n) is 3.55. The predicted molar refractivity (Wildman–Crippen MR) is 72.8 cm³/mol. The summed E-state index contributed by atoms with van der Waals surface area (Å²) in [7, 11) is -3.80. The highest BCUT2D eigenvalue weighted by Crippen LogP contribution is 2.45. The number of fused-ring (bicyclic) bond motifs is 1. The van der Waals surface area contributed by atoms with Crippen LogP contribution in [0.4, 0.5) is 4.79 Å². The van der Waals surface area contributed by atoms with Crippen LogP contribution >= 0.6 is 7.75 Å². The highest BCUT2D eigenvalue weighted by molar-refractivity contribution is 7.51. The number of carbonyl (C=O) groups excluding carboxylic acids is 1. The fraction of sp³-hybridized carbons (Fsp3) is 0.909.